The van der Waals surface area contributed by atoms with E-state index < -0.39 is 0 Å². The predicted molar refractivity (Wildman–Crippen MR) is 67.7 cm³/mol. The molecule has 0 atom stereocenters. The lowest BCUT2D eigenvalue weighted by Gasteiger charge is -2.09. The Bertz CT molecular complexity index is 289. The largest absolute Gasteiger partial charge is 0.493 e. The van der Waals surface area contributed by atoms with E-state index in [1.54, 1.807) is 7.11 Å². The molecular weight excluding hydrogens is 224 g/mol. The van der Waals surface area contributed by atoms with Gasteiger partial charge in [0.25, 0.3) is 0 Å². The molecule has 1 aromatic rings. The molecule has 0 amide bonds. The van der Waals surface area contributed by atoms with E-state index in [1.165, 1.54) is 12.8 Å². The molecular formula is C13H19ClO2. The van der Waals surface area contributed by atoms with Crippen LogP contribution in [0.1, 0.15) is 25.7 Å². The van der Waals surface area contributed by atoms with Crippen LogP contribution in [0.15, 0.2) is 24.3 Å². The van der Waals surface area contributed by atoms with Gasteiger partial charge in [-0.25, -0.2) is 0 Å². The van der Waals surface area contributed by atoms with Crippen molar-refractivity contribution >= 4 is 11.6 Å². The monoisotopic (exact) mass is 242 g/mol. The fourth-order valence-corrected chi connectivity index (χ4v) is 1.66. The summed E-state index contributed by atoms with van der Waals surface area (Å²) in [5.41, 5.74) is 0. The molecule has 0 radical (unpaired) electrons. The van der Waals surface area contributed by atoms with E-state index in [0.717, 1.165) is 36.8 Å². The van der Waals surface area contributed by atoms with Crippen molar-refractivity contribution in [3.63, 3.8) is 0 Å². The number of rotatable bonds is 8. The summed E-state index contributed by atoms with van der Waals surface area (Å²) in [7, 11) is 1.66. The number of alkyl halides is 1. The van der Waals surface area contributed by atoms with E-state index in [-0.39, 0.29) is 0 Å². The van der Waals surface area contributed by atoms with E-state index in [1.807, 2.05) is 24.3 Å². The van der Waals surface area contributed by atoms with E-state index in [2.05, 4.69) is 0 Å². The molecule has 1 rings (SSSR count). The van der Waals surface area contributed by atoms with Crippen LogP contribution in [0.25, 0.3) is 0 Å². The number of halogens is 1. The number of hydrogen-bond acceptors (Lipinski definition) is 2. The Morgan fingerprint density at radius 3 is 2.38 bits per heavy atom. The maximum absolute atomic E-state index is 5.65. The molecule has 90 valence electrons. The minimum Gasteiger partial charge on any atom is -0.493 e. The Hall–Kier alpha value is -0.890. The number of benzene rings is 1. The summed E-state index contributed by atoms with van der Waals surface area (Å²) in [6.45, 7) is 0.739. The van der Waals surface area contributed by atoms with E-state index >= 15 is 0 Å². The van der Waals surface area contributed by atoms with E-state index in [9.17, 15) is 0 Å². The van der Waals surface area contributed by atoms with Gasteiger partial charge in [0.05, 0.1) is 13.7 Å². The molecule has 0 aromatic heterocycles. The Labute approximate surface area is 103 Å². The molecule has 2 nitrogen and oxygen atoms in total. The van der Waals surface area contributed by atoms with Crippen LogP contribution in [0, 0.1) is 0 Å². The molecule has 0 aliphatic rings. The molecule has 0 fully saturated rings. The molecule has 0 saturated heterocycles. The Balaban J connectivity index is 2.21. The molecule has 0 N–H and O–H groups in total. The third-order valence-electron chi connectivity index (χ3n) is 2.35. The zero-order valence-electron chi connectivity index (χ0n) is 9.75. The van der Waals surface area contributed by atoms with E-state index in [4.69, 9.17) is 21.1 Å². The van der Waals surface area contributed by atoms with Crippen LogP contribution < -0.4 is 9.47 Å². The summed E-state index contributed by atoms with van der Waals surface area (Å²) in [4.78, 5) is 0. The quantitative estimate of drug-likeness (QED) is 0.509. The molecule has 0 unspecified atom stereocenters. The minimum atomic E-state index is 0.739. The van der Waals surface area contributed by atoms with Crippen LogP contribution >= 0.6 is 11.6 Å². The standard InChI is InChI=1S/C13H19ClO2/c1-15-12-8-4-5-9-13(12)16-11-7-3-2-6-10-14/h4-5,8-9H,2-3,6-7,10-11H2,1H3. The van der Waals surface area contributed by atoms with Crippen molar-refractivity contribution in [3.05, 3.63) is 24.3 Å². The van der Waals surface area contributed by atoms with Crippen molar-refractivity contribution in [2.24, 2.45) is 0 Å². The Morgan fingerprint density at radius 1 is 1.00 bits per heavy atom. The van der Waals surface area contributed by atoms with Crippen molar-refractivity contribution in [2.75, 3.05) is 19.6 Å². The summed E-state index contributed by atoms with van der Waals surface area (Å²) in [6.07, 6.45) is 4.51. The van der Waals surface area contributed by atoms with Gasteiger partial charge in [-0.3, -0.25) is 0 Å². The van der Waals surface area contributed by atoms with Crippen molar-refractivity contribution in [3.8, 4) is 11.5 Å². The van der Waals surface area contributed by atoms with Crippen LogP contribution in [0.3, 0.4) is 0 Å². The first-order chi connectivity index (χ1) is 7.88. The molecule has 0 aliphatic carbocycles. The molecule has 0 spiro atoms. The predicted octanol–water partition coefficient (Wildman–Crippen LogP) is 3.87. The maximum atomic E-state index is 5.65. The second kappa shape index (κ2) is 8.28. The SMILES string of the molecule is COc1ccccc1OCCCCCCCl. The molecule has 3 heteroatoms. The van der Waals surface area contributed by atoms with Gasteiger partial charge >= 0.3 is 0 Å². The van der Waals surface area contributed by atoms with Gasteiger partial charge in [-0.05, 0) is 25.0 Å². The fourth-order valence-electron chi connectivity index (χ4n) is 1.47. The van der Waals surface area contributed by atoms with Crippen LogP contribution in [0.5, 0.6) is 11.5 Å². The van der Waals surface area contributed by atoms with Gasteiger partial charge in [-0.15, -0.1) is 11.6 Å². The lowest BCUT2D eigenvalue weighted by molar-refractivity contribution is 0.285. The summed E-state index contributed by atoms with van der Waals surface area (Å²) < 4.78 is 10.8. The number of methoxy groups -OCH3 is 1. The maximum Gasteiger partial charge on any atom is 0.161 e. The average molecular weight is 243 g/mol. The summed E-state index contributed by atoms with van der Waals surface area (Å²) in [6, 6.07) is 7.72. The number of ether oxygens (including phenoxy) is 2. The number of hydrogen-bond donors (Lipinski definition) is 0. The third kappa shape index (κ3) is 4.75. The van der Waals surface area contributed by atoms with Gasteiger partial charge < -0.3 is 9.47 Å². The second-order valence-corrected chi connectivity index (χ2v) is 3.98. The molecule has 0 aliphatic heterocycles. The highest BCUT2D eigenvalue weighted by atomic mass is 35.5. The number of para-hydroxylation sites is 2. The lowest BCUT2D eigenvalue weighted by atomic mass is 10.2. The normalized spacial score (nSPS) is 10.1. The number of unbranched alkanes of at least 4 members (excludes halogenated alkanes) is 3. The molecule has 0 heterocycles. The fraction of sp³-hybridized carbons (Fsp3) is 0.538. The molecule has 0 saturated carbocycles. The Morgan fingerprint density at radius 2 is 1.69 bits per heavy atom. The summed E-state index contributed by atoms with van der Waals surface area (Å²) in [5.74, 6) is 2.37. The lowest BCUT2D eigenvalue weighted by Crippen LogP contribution is -1.99. The van der Waals surface area contributed by atoms with Crippen molar-refractivity contribution in [1.82, 2.24) is 0 Å². The minimum absolute atomic E-state index is 0.739. The first kappa shape index (κ1) is 13.2. The second-order valence-electron chi connectivity index (χ2n) is 3.60. The van der Waals surface area contributed by atoms with Crippen LogP contribution in [-0.2, 0) is 0 Å². The first-order valence-electron chi connectivity index (χ1n) is 5.70. The zero-order chi connectivity index (χ0) is 11.6. The smallest absolute Gasteiger partial charge is 0.161 e. The van der Waals surface area contributed by atoms with Gasteiger partial charge in [0.1, 0.15) is 0 Å². The van der Waals surface area contributed by atoms with Crippen LogP contribution in [0.4, 0.5) is 0 Å². The third-order valence-corrected chi connectivity index (χ3v) is 2.62. The van der Waals surface area contributed by atoms with Crippen LogP contribution in [-0.4, -0.2) is 19.6 Å². The van der Waals surface area contributed by atoms with E-state index in [0.29, 0.717) is 0 Å². The zero-order valence-corrected chi connectivity index (χ0v) is 10.5. The summed E-state index contributed by atoms with van der Waals surface area (Å²) in [5, 5.41) is 0. The summed E-state index contributed by atoms with van der Waals surface area (Å²) >= 11 is 5.60. The van der Waals surface area contributed by atoms with Gasteiger partial charge in [0.2, 0.25) is 0 Å². The first-order valence-corrected chi connectivity index (χ1v) is 6.23. The molecule has 1 aromatic carbocycles. The topological polar surface area (TPSA) is 18.5 Å². The molecule has 16 heavy (non-hydrogen) atoms. The highest BCUT2D eigenvalue weighted by molar-refractivity contribution is 6.17. The average Bonchev–Trinajstić information content (AvgIpc) is 2.34. The van der Waals surface area contributed by atoms with Gasteiger partial charge in [-0.1, -0.05) is 25.0 Å². The Kier molecular flexibility index (Phi) is 6.82. The van der Waals surface area contributed by atoms with Crippen molar-refractivity contribution < 1.29 is 9.47 Å². The van der Waals surface area contributed by atoms with Crippen molar-refractivity contribution in [1.29, 1.82) is 0 Å². The van der Waals surface area contributed by atoms with Crippen LogP contribution in [0.2, 0.25) is 0 Å². The highest BCUT2D eigenvalue weighted by Gasteiger charge is 2.01. The van der Waals surface area contributed by atoms with Gasteiger partial charge in [0, 0.05) is 5.88 Å². The van der Waals surface area contributed by atoms with Gasteiger partial charge in [0.15, 0.2) is 11.5 Å². The highest BCUT2D eigenvalue weighted by Crippen LogP contribution is 2.25. The van der Waals surface area contributed by atoms with Crippen molar-refractivity contribution in [2.45, 2.75) is 25.7 Å². The van der Waals surface area contributed by atoms with Gasteiger partial charge in [-0.2, -0.15) is 0 Å². The molecule has 0 bridgehead atoms.